The van der Waals surface area contributed by atoms with Crippen LogP contribution in [0.3, 0.4) is 0 Å². The first-order chi connectivity index (χ1) is 10.9. The molecule has 0 aliphatic heterocycles. The molecule has 3 nitrogen and oxygen atoms in total. The van der Waals surface area contributed by atoms with Crippen LogP contribution in [0.5, 0.6) is 0 Å². The molecule has 0 fully saturated rings. The van der Waals surface area contributed by atoms with E-state index in [4.69, 9.17) is 0 Å². The molecule has 1 aromatic carbocycles. The molecule has 24 heavy (non-hydrogen) atoms. The Morgan fingerprint density at radius 2 is 1.29 bits per heavy atom. The summed E-state index contributed by atoms with van der Waals surface area (Å²) < 4.78 is 34.7. The van der Waals surface area contributed by atoms with Crippen LogP contribution in [0.4, 0.5) is 0 Å². The Bertz CT molecular complexity index is 583. The van der Waals surface area contributed by atoms with Gasteiger partial charge >= 0.3 is 29.6 Å². The molecule has 0 saturated carbocycles. The van der Waals surface area contributed by atoms with Crippen LogP contribution in [0.15, 0.2) is 17.0 Å². The van der Waals surface area contributed by atoms with E-state index >= 15 is 0 Å². The van der Waals surface area contributed by atoms with Crippen LogP contribution in [0, 0.1) is 0 Å². The zero-order valence-electron chi connectivity index (χ0n) is 15.9. The van der Waals surface area contributed by atoms with Gasteiger partial charge in [0.1, 0.15) is 10.1 Å². The van der Waals surface area contributed by atoms with Crippen molar-refractivity contribution in [1.29, 1.82) is 0 Å². The van der Waals surface area contributed by atoms with Crippen molar-refractivity contribution in [3.05, 3.63) is 28.8 Å². The van der Waals surface area contributed by atoms with Gasteiger partial charge in [-0.1, -0.05) is 65.4 Å². The van der Waals surface area contributed by atoms with E-state index in [1.165, 1.54) is 31.2 Å². The molecule has 0 N–H and O–H groups in total. The monoisotopic (exact) mass is 362 g/mol. The van der Waals surface area contributed by atoms with Crippen molar-refractivity contribution in [3.8, 4) is 0 Å². The van der Waals surface area contributed by atoms with Crippen LogP contribution >= 0.6 is 0 Å². The maximum absolute atomic E-state index is 11.6. The second kappa shape index (κ2) is 12.5. The second-order valence-corrected chi connectivity index (χ2v) is 7.70. The molecule has 0 spiro atoms. The van der Waals surface area contributed by atoms with E-state index in [1.54, 1.807) is 6.07 Å². The molecule has 0 amide bonds. The predicted octanol–water partition coefficient (Wildman–Crippen LogP) is 2.01. The summed E-state index contributed by atoms with van der Waals surface area (Å²) in [5, 5.41) is 0. The van der Waals surface area contributed by atoms with Gasteiger partial charge in [-0.05, 0) is 48.4 Å². The van der Waals surface area contributed by atoms with Gasteiger partial charge in [0, 0.05) is 0 Å². The largest absolute Gasteiger partial charge is 1.00 e. The van der Waals surface area contributed by atoms with Crippen molar-refractivity contribution < 1.29 is 42.5 Å². The zero-order chi connectivity index (χ0) is 17.3. The Morgan fingerprint density at radius 3 is 1.83 bits per heavy atom. The molecule has 0 unspecified atom stereocenters. The first-order valence-corrected chi connectivity index (χ1v) is 10.4. The quantitative estimate of drug-likeness (QED) is 0.344. The van der Waals surface area contributed by atoms with Crippen LogP contribution in [-0.4, -0.2) is 13.0 Å². The van der Waals surface area contributed by atoms with Gasteiger partial charge in [-0.25, -0.2) is 8.42 Å². The minimum Gasteiger partial charge on any atom is -0.744 e. The fourth-order valence-corrected chi connectivity index (χ4v) is 3.84. The Hall–Kier alpha value is 0.130. The first kappa shape index (κ1) is 24.1. The first-order valence-electron chi connectivity index (χ1n) is 9.04. The Labute approximate surface area is 170 Å². The zero-order valence-corrected chi connectivity index (χ0v) is 18.7. The molecule has 0 aliphatic rings. The minimum atomic E-state index is -4.40. The van der Waals surface area contributed by atoms with E-state index in [-0.39, 0.29) is 34.5 Å². The normalized spacial score (nSPS) is 11.3. The summed E-state index contributed by atoms with van der Waals surface area (Å²) in [6, 6.07) is 3.64. The fourth-order valence-electron chi connectivity index (χ4n) is 3.07. The average molecular weight is 363 g/mol. The molecule has 1 rings (SSSR count). The van der Waals surface area contributed by atoms with Crippen molar-refractivity contribution in [2.45, 2.75) is 89.9 Å². The number of aryl methyl sites for hydroxylation is 3. The second-order valence-electron chi connectivity index (χ2n) is 6.35. The average Bonchev–Trinajstić information content (AvgIpc) is 2.48. The third-order valence-electron chi connectivity index (χ3n) is 4.24. The van der Waals surface area contributed by atoms with Gasteiger partial charge in [-0.15, -0.1) is 0 Å². The van der Waals surface area contributed by atoms with E-state index < -0.39 is 10.1 Å². The van der Waals surface area contributed by atoms with Crippen LogP contribution < -0.4 is 29.6 Å². The van der Waals surface area contributed by atoms with Crippen molar-refractivity contribution >= 4 is 10.1 Å². The van der Waals surface area contributed by atoms with Crippen LogP contribution in [-0.2, 0) is 29.4 Å². The molecule has 0 heterocycles. The summed E-state index contributed by atoms with van der Waals surface area (Å²) in [5.41, 5.74) is 2.97. The minimum absolute atomic E-state index is 0. The van der Waals surface area contributed by atoms with Crippen molar-refractivity contribution in [2.24, 2.45) is 0 Å². The van der Waals surface area contributed by atoms with Gasteiger partial charge in [0.25, 0.3) is 0 Å². The number of hydrogen-bond donors (Lipinski definition) is 0. The van der Waals surface area contributed by atoms with Crippen LogP contribution in [0.25, 0.3) is 0 Å². The summed E-state index contributed by atoms with van der Waals surface area (Å²) in [5.74, 6) is 0. The Balaban J connectivity index is 0.00000529. The van der Waals surface area contributed by atoms with Gasteiger partial charge in [0.05, 0.1) is 4.90 Å². The van der Waals surface area contributed by atoms with Gasteiger partial charge in [-0.3, -0.25) is 0 Å². The van der Waals surface area contributed by atoms with Gasteiger partial charge in [0.2, 0.25) is 0 Å². The molecular formula is C19H31NaO3S. The number of unbranched alkanes of at least 4 members (excludes halogenated alkanes) is 4. The SMILES string of the molecule is CCCCCCCc1cc(CCC)c(S(=O)(=O)[O-])cc1CCC.[Na+]. The van der Waals surface area contributed by atoms with Gasteiger partial charge in [0.15, 0.2) is 0 Å². The standard InChI is InChI=1S/C19H32O3S.Na/c1-4-7-8-9-10-13-17-14-18(12-6-3)19(23(20,21)22)15-16(17)11-5-2;/h14-15H,4-13H2,1-3H3,(H,20,21,22);/q;+1/p-1. The topological polar surface area (TPSA) is 57.2 Å². The molecule has 1 aromatic rings. The van der Waals surface area contributed by atoms with E-state index in [1.807, 2.05) is 13.0 Å². The summed E-state index contributed by atoms with van der Waals surface area (Å²) >= 11 is 0. The van der Waals surface area contributed by atoms with Crippen molar-refractivity contribution in [1.82, 2.24) is 0 Å². The van der Waals surface area contributed by atoms with Crippen molar-refractivity contribution in [3.63, 3.8) is 0 Å². The maximum atomic E-state index is 11.6. The van der Waals surface area contributed by atoms with E-state index in [9.17, 15) is 13.0 Å². The molecular weight excluding hydrogens is 331 g/mol. The van der Waals surface area contributed by atoms with E-state index in [0.29, 0.717) is 12.0 Å². The summed E-state index contributed by atoms with van der Waals surface area (Å²) in [6.07, 6.45) is 10.4. The molecule has 0 aromatic heterocycles. The fraction of sp³-hybridized carbons (Fsp3) is 0.684. The summed E-state index contributed by atoms with van der Waals surface area (Å²) in [6.45, 7) is 6.29. The summed E-state index contributed by atoms with van der Waals surface area (Å²) in [7, 11) is -4.40. The Morgan fingerprint density at radius 1 is 0.750 bits per heavy atom. The van der Waals surface area contributed by atoms with Crippen LogP contribution in [0.2, 0.25) is 0 Å². The van der Waals surface area contributed by atoms with Gasteiger partial charge < -0.3 is 4.55 Å². The summed E-state index contributed by atoms with van der Waals surface area (Å²) in [4.78, 5) is -0.00228. The van der Waals surface area contributed by atoms with E-state index in [0.717, 1.165) is 37.7 Å². The smallest absolute Gasteiger partial charge is 0.744 e. The molecule has 0 atom stereocenters. The third kappa shape index (κ3) is 8.01. The molecule has 0 aliphatic carbocycles. The number of rotatable bonds is 11. The van der Waals surface area contributed by atoms with Crippen molar-refractivity contribution in [2.75, 3.05) is 0 Å². The van der Waals surface area contributed by atoms with Gasteiger partial charge in [-0.2, -0.15) is 0 Å². The molecule has 132 valence electrons. The van der Waals surface area contributed by atoms with E-state index in [2.05, 4.69) is 13.8 Å². The predicted molar refractivity (Wildman–Crippen MR) is 94.9 cm³/mol. The molecule has 0 bridgehead atoms. The maximum Gasteiger partial charge on any atom is 1.00 e. The third-order valence-corrected chi connectivity index (χ3v) is 5.16. The molecule has 5 heteroatoms. The number of hydrogen-bond acceptors (Lipinski definition) is 3. The molecule has 0 radical (unpaired) electrons. The number of benzene rings is 1. The Kier molecular flexibility index (Phi) is 12.5. The molecule has 0 saturated heterocycles. The van der Waals surface area contributed by atoms with Crippen LogP contribution in [0.1, 0.15) is 82.4 Å².